The average Bonchev–Trinajstić information content (AvgIpc) is 3.28. The van der Waals surface area contributed by atoms with E-state index in [1.54, 1.807) is 13.2 Å². The van der Waals surface area contributed by atoms with Gasteiger partial charge in [-0.2, -0.15) is 17.7 Å². The first-order chi connectivity index (χ1) is 16.7. The van der Waals surface area contributed by atoms with Crippen molar-refractivity contribution in [1.82, 2.24) is 30.0 Å². The summed E-state index contributed by atoms with van der Waals surface area (Å²) in [5.74, 6) is -0.219. The number of aromatic nitrogens is 4. The number of hydrogen-bond acceptors (Lipinski definition) is 7. The van der Waals surface area contributed by atoms with E-state index in [0.29, 0.717) is 42.8 Å². The van der Waals surface area contributed by atoms with Crippen LogP contribution in [0.15, 0.2) is 36.4 Å². The summed E-state index contributed by atoms with van der Waals surface area (Å²) in [6.07, 6.45) is -3.51. The molecule has 2 aromatic heterocycles. The lowest BCUT2D eigenvalue weighted by atomic mass is 9.95. The van der Waals surface area contributed by atoms with Crippen molar-refractivity contribution in [2.45, 2.75) is 25.1 Å². The Morgan fingerprint density at radius 1 is 1.17 bits per heavy atom. The smallest absolute Gasteiger partial charge is 0.453 e. The number of hydrogen-bond donors (Lipinski definition) is 1. The van der Waals surface area contributed by atoms with Crippen molar-refractivity contribution in [2.24, 2.45) is 5.92 Å². The van der Waals surface area contributed by atoms with E-state index < -0.39 is 12.0 Å². The molecular formula is C23H28F3N7O2. The number of carbonyl (C=O) groups excluding carboxylic acids is 1. The van der Waals surface area contributed by atoms with Crippen LogP contribution < -0.4 is 15.0 Å². The summed E-state index contributed by atoms with van der Waals surface area (Å²) in [6.45, 7) is 1.44. The van der Waals surface area contributed by atoms with Crippen LogP contribution >= 0.6 is 0 Å². The van der Waals surface area contributed by atoms with Gasteiger partial charge in [-0.25, -0.2) is 0 Å². The van der Waals surface area contributed by atoms with E-state index in [2.05, 4.69) is 20.6 Å². The van der Waals surface area contributed by atoms with E-state index in [1.807, 2.05) is 48.2 Å². The molecule has 1 aromatic carbocycles. The van der Waals surface area contributed by atoms with E-state index >= 15 is 0 Å². The first kappa shape index (κ1) is 24.7. The van der Waals surface area contributed by atoms with Gasteiger partial charge in [-0.1, -0.05) is 18.2 Å². The van der Waals surface area contributed by atoms with Crippen LogP contribution in [0.2, 0.25) is 0 Å². The highest BCUT2D eigenvalue weighted by atomic mass is 19.4. The zero-order valence-electron chi connectivity index (χ0n) is 19.8. The van der Waals surface area contributed by atoms with Gasteiger partial charge >= 0.3 is 6.18 Å². The van der Waals surface area contributed by atoms with Gasteiger partial charge in [0, 0.05) is 31.1 Å². The Morgan fingerprint density at radius 3 is 2.54 bits per heavy atom. The summed E-state index contributed by atoms with van der Waals surface area (Å²) < 4.78 is 45.7. The second-order valence-corrected chi connectivity index (χ2v) is 8.71. The summed E-state index contributed by atoms with van der Waals surface area (Å²) in [5.41, 5.74) is 1.02. The van der Waals surface area contributed by atoms with Crippen molar-refractivity contribution in [3.8, 4) is 5.75 Å². The van der Waals surface area contributed by atoms with Gasteiger partial charge in [0.05, 0.1) is 13.2 Å². The van der Waals surface area contributed by atoms with Crippen LogP contribution in [0.1, 0.15) is 30.3 Å². The maximum absolute atomic E-state index is 13.2. The normalized spacial score (nSPS) is 16.0. The summed E-state index contributed by atoms with van der Waals surface area (Å²) in [7, 11) is 5.52. The Bertz CT molecular complexity index is 1170. The number of ether oxygens (including phenoxy) is 1. The molecule has 0 radical (unpaired) electrons. The molecule has 1 aliphatic heterocycles. The highest BCUT2D eigenvalue weighted by molar-refractivity contribution is 5.79. The number of methoxy groups -OCH3 is 1. The fourth-order valence-corrected chi connectivity index (χ4v) is 4.35. The molecule has 1 aliphatic rings. The van der Waals surface area contributed by atoms with Crippen LogP contribution in [0.5, 0.6) is 5.75 Å². The first-order valence-corrected chi connectivity index (χ1v) is 11.3. The van der Waals surface area contributed by atoms with E-state index in [9.17, 15) is 18.0 Å². The second-order valence-electron chi connectivity index (χ2n) is 8.71. The molecular weight excluding hydrogens is 463 g/mol. The molecule has 0 aliphatic carbocycles. The minimum Gasteiger partial charge on any atom is -0.496 e. The summed E-state index contributed by atoms with van der Waals surface area (Å²) in [4.78, 5) is 16.8. The Morgan fingerprint density at radius 2 is 1.89 bits per heavy atom. The van der Waals surface area contributed by atoms with Crippen LogP contribution in [0.25, 0.3) is 5.65 Å². The molecule has 1 saturated heterocycles. The van der Waals surface area contributed by atoms with Crippen molar-refractivity contribution < 1.29 is 22.7 Å². The van der Waals surface area contributed by atoms with Gasteiger partial charge in [0.25, 0.3) is 5.82 Å². The molecule has 12 heteroatoms. The number of fused-ring (bicyclic) bond motifs is 1. The fraction of sp³-hybridized carbons (Fsp3) is 0.478. The molecule has 188 valence electrons. The molecule has 1 fully saturated rings. The maximum atomic E-state index is 13.2. The van der Waals surface area contributed by atoms with Crippen molar-refractivity contribution in [3.63, 3.8) is 0 Å². The molecule has 4 rings (SSSR count). The minimum absolute atomic E-state index is 0.0285. The number of alkyl halides is 3. The van der Waals surface area contributed by atoms with E-state index in [0.717, 1.165) is 11.3 Å². The monoisotopic (exact) mass is 491 g/mol. The van der Waals surface area contributed by atoms with Gasteiger partial charge < -0.3 is 19.9 Å². The highest BCUT2D eigenvalue weighted by Gasteiger charge is 2.38. The number of amides is 1. The third-order valence-electron chi connectivity index (χ3n) is 6.28. The number of nitrogens with one attached hydrogen (secondary N) is 1. The van der Waals surface area contributed by atoms with E-state index in [1.165, 1.54) is 6.07 Å². The molecule has 35 heavy (non-hydrogen) atoms. The molecule has 0 spiro atoms. The van der Waals surface area contributed by atoms with Gasteiger partial charge in [0.1, 0.15) is 11.6 Å². The second kappa shape index (κ2) is 10.1. The number of benzene rings is 1. The Balaban J connectivity index is 1.37. The molecule has 1 amide bonds. The lowest BCUT2D eigenvalue weighted by molar-refractivity contribution is -0.146. The molecule has 9 nitrogen and oxygen atoms in total. The van der Waals surface area contributed by atoms with E-state index in [-0.39, 0.29) is 23.5 Å². The first-order valence-electron chi connectivity index (χ1n) is 11.3. The summed E-state index contributed by atoms with van der Waals surface area (Å²) in [6, 6.07) is 10.8. The fourth-order valence-electron chi connectivity index (χ4n) is 4.35. The maximum Gasteiger partial charge on any atom is 0.453 e. The van der Waals surface area contributed by atoms with Gasteiger partial charge in [-0.15, -0.1) is 15.3 Å². The minimum atomic E-state index is -4.65. The van der Waals surface area contributed by atoms with Gasteiger partial charge in [0.2, 0.25) is 5.91 Å². The van der Waals surface area contributed by atoms with Crippen LogP contribution in [-0.2, 0) is 11.0 Å². The van der Waals surface area contributed by atoms with Crippen molar-refractivity contribution in [1.29, 1.82) is 0 Å². The third kappa shape index (κ3) is 5.31. The van der Waals surface area contributed by atoms with Gasteiger partial charge in [-0.05, 0) is 45.1 Å². The van der Waals surface area contributed by atoms with Gasteiger partial charge in [0.15, 0.2) is 5.65 Å². The standard InChI is InChI=1S/C23H28F3N7O2/c1-31(2)17(16-6-4-5-7-18(16)35-3)14-27-21(34)15-10-12-32(13-11-15)20-9-8-19-28-29-22(23(24,25)26)33(19)30-20/h4-9,15,17H,10-14H2,1-3H3,(H,27,34)/t17-/m1/s1. The number of anilines is 1. The quantitative estimate of drug-likeness (QED) is 0.544. The number of carbonyl (C=O) groups is 1. The van der Waals surface area contributed by atoms with Crippen molar-refractivity contribution in [2.75, 3.05) is 45.7 Å². The lowest BCUT2D eigenvalue weighted by Crippen LogP contribution is -2.43. The Kier molecular flexibility index (Phi) is 7.10. The van der Waals surface area contributed by atoms with Crippen LogP contribution in [0.4, 0.5) is 19.0 Å². The highest BCUT2D eigenvalue weighted by Crippen LogP contribution is 2.30. The summed E-state index contributed by atoms with van der Waals surface area (Å²) in [5, 5.41) is 13.9. The van der Waals surface area contributed by atoms with Crippen LogP contribution in [0.3, 0.4) is 0 Å². The lowest BCUT2D eigenvalue weighted by Gasteiger charge is -2.33. The topological polar surface area (TPSA) is 87.9 Å². The van der Waals surface area contributed by atoms with Crippen molar-refractivity contribution in [3.05, 3.63) is 47.8 Å². The van der Waals surface area contributed by atoms with E-state index in [4.69, 9.17) is 4.74 Å². The van der Waals surface area contributed by atoms with Crippen molar-refractivity contribution >= 4 is 17.4 Å². The van der Waals surface area contributed by atoms with Gasteiger partial charge in [-0.3, -0.25) is 4.79 Å². The SMILES string of the molecule is COc1ccccc1[C@@H](CNC(=O)C1CCN(c2ccc3nnc(C(F)(F)F)n3n2)CC1)N(C)C. The zero-order valence-corrected chi connectivity index (χ0v) is 19.8. The average molecular weight is 492 g/mol. The largest absolute Gasteiger partial charge is 0.496 e. The molecule has 0 saturated carbocycles. The molecule has 0 bridgehead atoms. The number of piperidine rings is 1. The predicted molar refractivity (Wildman–Crippen MR) is 123 cm³/mol. The Hall–Kier alpha value is -3.41. The number of rotatable bonds is 7. The zero-order chi connectivity index (χ0) is 25.2. The van der Waals surface area contributed by atoms with Crippen LogP contribution in [-0.4, -0.2) is 71.5 Å². The molecule has 1 atom stereocenters. The molecule has 3 heterocycles. The number of halogens is 3. The molecule has 3 aromatic rings. The Labute approximate surface area is 200 Å². The third-order valence-corrected chi connectivity index (χ3v) is 6.28. The number of para-hydroxylation sites is 1. The number of nitrogens with zero attached hydrogens (tertiary/aromatic N) is 6. The number of likely N-dealkylation sites (N-methyl/N-ethyl adjacent to an activating group) is 1. The summed E-state index contributed by atoms with van der Waals surface area (Å²) >= 11 is 0. The molecule has 1 N–H and O–H groups in total. The van der Waals surface area contributed by atoms with Crippen LogP contribution in [0, 0.1) is 5.92 Å². The molecule has 0 unspecified atom stereocenters. The predicted octanol–water partition coefficient (Wildman–Crippen LogP) is 2.79.